The summed E-state index contributed by atoms with van der Waals surface area (Å²) in [7, 11) is 0. The molecular formula is C13H15BrF3NO2. The maximum atomic E-state index is 12.1. The molecule has 112 valence electrons. The van der Waals surface area contributed by atoms with Crippen LogP contribution in [0.3, 0.4) is 0 Å². The van der Waals surface area contributed by atoms with Crippen molar-refractivity contribution in [3.63, 3.8) is 0 Å². The van der Waals surface area contributed by atoms with Gasteiger partial charge in [-0.2, -0.15) is 0 Å². The zero-order valence-corrected chi connectivity index (χ0v) is 12.4. The van der Waals surface area contributed by atoms with Gasteiger partial charge in [-0.1, -0.05) is 0 Å². The minimum absolute atomic E-state index is 0.148. The Morgan fingerprint density at radius 3 is 2.70 bits per heavy atom. The molecule has 1 aromatic carbocycles. The Morgan fingerprint density at radius 1 is 1.40 bits per heavy atom. The molecule has 0 saturated carbocycles. The summed E-state index contributed by atoms with van der Waals surface area (Å²) < 4.78 is 46.2. The molecule has 0 bridgehead atoms. The molecule has 0 aromatic heterocycles. The maximum absolute atomic E-state index is 12.1. The summed E-state index contributed by atoms with van der Waals surface area (Å²) in [6, 6.07) is 4.38. The van der Waals surface area contributed by atoms with Crippen LogP contribution in [0.1, 0.15) is 19.8 Å². The second-order valence-electron chi connectivity index (χ2n) is 4.72. The molecule has 1 N–H and O–H groups in total. The van der Waals surface area contributed by atoms with Gasteiger partial charge in [-0.25, -0.2) is 0 Å². The van der Waals surface area contributed by atoms with E-state index in [1.54, 1.807) is 12.1 Å². The fourth-order valence-electron chi connectivity index (χ4n) is 2.09. The summed E-state index contributed by atoms with van der Waals surface area (Å²) >= 11 is 3.07. The Hall–Kier alpha value is -0.950. The lowest BCUT2D eigenvalue weighted by Gasteiger charge is -2.15. The third kappa shape index (κ3) is 4.56. The topological polar surface area (TPSA) is 30.5 Å². The van der Waals surface area contributed by atoms with Gasteiger partial charge in [0.2, 0.25) is 0 Å². The lowest BCUT2D eigenvalue weighted by Crippen LogP contribution is -2.20. The van der Waals surface area contributed by atoms with Crippen LogP contribution in [0.4, 0.5) is 18.9 Å². The summed E-state index contributed by atoms with van der Waals surface area (Å²) in [6.45, 7) is 2.66. The molecule has 1 saturated heterocycles. The molecule has 0 amide bonds. The Morgan fingerprint density at radius 2 is 2.15 bits per heavy atom. The van der Waals surface area contributed by atoms with Crippen LogP contribution < -0.4 is 10.1 Å². The summed E-state index contributed by atoms with van der Waals surface area (Å²) in [5.74, 6) is -0.256. The lowest BCUT2D eigenvalue weighted by molar-refractivity contribution is -0.274. The zero-order chi connectivity index (χ0) is 14.8. The van der Waals surface area contributed by atoms with Crippen LogP contribution in [0.15, 0.2) is 22.7 Å². The van der Waals surface area contributed by atoms with Crippen LogP contribution >= 0.6 is 15.9 Å². The van der Waals surface area contributed by atoms with E-state index in [4.69, 9.17) is 4.74 Å². The first-order valence-corrected chi connectivity index (χ1v) is 7.07. The zero-order valence-electron chi connectivity index (χ0n) is 10.8. The number of ether oxygens (including phenoxy) is 2. The average Bonchev–Trinajstić information content (AvgIpc) is 2.74. The van der Waals surface area contributed by atoms with Crippen molar-refractivity contribution in [3.05, 3.63) is 22.7 Å². The van der Waals surface area contributed by atoms with Crippen LogP contribution in [-0.4, -0.2) is 25.1 Å². The fourth-order valence-corrected chi connectivity index (χ4v) is 2.55. The molecule has 1 aliphatic rings. The molecule has 20 heavy (non-hydrogen) atoms. The molecule has 0 aliphatic carbocycles. The number of anilines is 1. The highest BCUT2D eigenvalue weighted by molar-refractivity contribution is 9.10. The fraction of sp³-hybridized carbons (Fsp3) is 0.538. The third-order valence-electron chi connectivity index (χ3n) is 3.01. The van der Waals surface area contributed by atoms with E-state index < -0.39 is 6.36 Å². The van der Waals surface area contributed by atoms with Crippen molar-refractivity contribution >= 4 is 21.6 Å². The molecule has 1 heterocycles. The van der Waals surface area contributed by atoms with E-state index in [1.165, 1.54) is 6.07 Å². The van der Waals surface area contributed by atoms with E-state index in [9.17, 15) is 13.2 Å². The molecule has 2 rings (SSSR count). The minimum atomic E-state index is -4.69. The van der Waals surface area contributed by atoms with Gasteiger partial charge in [-0.3, -0.25) is 0 Å². The Bertz CT molecular complexity index is 467. The molecule has 2 unspecified atom stereocenters. The molecule has 7 heteroatoms. The van der Waals surface area contributed by atoms with E-state index in [0.717, 1.165) is 18.5 Å². The quantitative estimate of drug-likeness (QED) is 0.873. The molecule has 3 nitrogen and oxygen atoms in total. The average molecular weight is 354 g/mol. The number of alkyl halides is 3. The van der Waals surface area contributed by atoms with Crippen LogP contribution in [0, 0.1) is 0 Å². The largest absolute Gasteiger partial charge is 0.573 e. The van der Waals surface area contributed by atoms with Gasteiger partial charge in [0.05, 0.1) is 16.7 Å². The van der Waals surface area contributed by atoms with E-state index in [2.05, 4.69) is 26.0 Å². The molecule has 2 atom stereocenters. The lowest BCUT2D eigenvalue weighted by atomic mass is 10.2. The van der Waals surface area contributed by atoms with E-state index in [-0.39, 0.29) is 22.4 Å². The highest BCUT2D eigenvalue weighted by Gasteiger charge is 2.32. The SMILES string of the molecule is CC1CCC(CNc2ccc(OC(F)(F)F)c(Br)c2)O1. The van der Waals surface area contributed by atoms with E-state index in [1.807, 2.05) is 6.92 Å². The van der Waals surface area contributed by atoms with Gasteiger partial charge in [0.15, 0.2) is 0 Å². The van der Waals surface area contributed by atoms with Crippen molar-refractivity contribution in [1.29, 1.82) is 0 Å². The Labute approximate surface area is 123 Å². The number of hydrogen-bond donors (Lipinski definition) is 1. The van der Waals surface area contributed by atoms with Gasteiger partial charge < -0.3 is 14.8 Å². The molecule has 1 fully saturated rings. The monoisotopic (exact) mass is 353 g/mol. The number of hydrogen-bond acceptors (Lipinski definition) is 3. The molecule has 0 spiro atoms. The summed E-state index contributed by atoms with van der Waals surface area (Å²) in [6.07, 6.45) is -2.24. The number of benzene rings is 1. The van der Waals surface area contributed by atoms with Gasteiger partial charge >= 0.3 is 6.36 Å². The van der Waals surface area contributed by atoms with Crippen molar-refractivity contribution in [2.45, 2.75) is 38.3 Å². The third-order valence-corrected chi connectivity index (χ3v) is 3.63. The summed E-state index contributed by atoms with van der Waals surface area (Å²) in [5, 5.41) is 3.15. The van der Waals surface area contributed by atoms with Crippen LogP contribution in [0.25, 0.3) is 0 Å². The molecule has 1 aliphatic heterocycles. The second-order valence-corrected chi connectivity index (χ2v) is 5.57. The highest BCUT2D eigenvalue weighted by Crippen LogP contribution is 2.32. The highest BCUT2D eigenvalue weighted by atomic mass is 79.9. The second kappa shape index (κ2) is 6.22. The van der Waals surface area contributed by atoms with Crippen LogP contribution in [0.5, 0.6) is 5.75 Å². The van der Waals surface area contributed by atoms with Gasteiger partial charge in [0.1, 0.15) is 5.75 Å². The maximum Gasteiger partial charge on any atom is 0.573 e. The van der Waals surface area contributed by atoms with Crippen molar-refractivity contribution in [1.82, 2.24) is 0 Å². The minimum Gasteiger partial charge on any atom is -0.405 e. The van der Waals surface area contributed by atoms with Gasteiger partial charge in [0.25, 0.3) is 0 Å². The standard InChI is InChI=1S/C13H15BrF3NO2/c1-8-2-4-10(19-8)7-18-9-3-5-12(11(14)6-9)20-13(15,16)17/h3,5-6,8,10,18H,2,4,7H2,1H3. The first-order valence-electron chi connectivity index (χ1n) is 6.28. The van der Waals surface area contributed by atoms with Crippen molar-refractivity contribution < 1.29 is 22.6 Å². The van der Waals surface area contributed by atoms with Gasteiger partial charge in [-0.05, 0) is 53.9 Å². The smallest absolute Gasteiger partial charge is 0.405 e. The Kier molecular flexibility index (Phi) is 4.80. The van der Waals surface area contributed by atoms with Crippen molar-refractivity contribution in [2.24, 2.45) is 0 Å². The summed E-state index contributed by atoms with van der Waals surface area (Å²) in [4.78, 5) is 0. The Balaban J connectivity index is 1.92. The summed E-state index contributed by atoms with van der Waals surface area (Å²) in [5.41, 5.74) is 0.717. The van der Waals surface area contributed by atoms with Crippen molar-refractivity contribution in [2.75, 3.05) is 11.9 Å². The molecular weight excluding hydrogens is 339 g/mol. The van der Waals surface area contributed by atoms with Gasteiger partial charge in [-0.15, -0.1) is 13.2 Å². The first-order chi connectivity index (χ1) is 9.33. The van der Waals surface area contributed by atoms with Crippen molar-refractivity contribution in [3.8, 4) is 5.75 Å². The van der Waals surface area contributed by atoms with Gasteiger partial charge in [0, 0.05) is 12.2 Å². The normalized spacial score (nSPS) is 22.9. The van der Waals surface area contributed by atoms with Crippen LogP contribution in [0.2, 0.25) is 0 Å². The molecule has 1 aromatic rings. The number of rotatable bonds is 4. The van der Waals surface area contributed by atoms with E-state index >= 15 is 0 Å². The predicted molar refractivity (Wildman–Crippen MR) is 72.9 cm³/mol. The first kappa shape index (κ1) is 15.4. The van der Waals surface area contributed by atoms with E-state index in [0.29, 0.717) is 6.54 Å². The number of nitrogens with one attached hydrogen (secondary N) is 1. The molecule has 0 radical (unpaired) electrons. The van der Waals surface area contributed by atoms with Crippen LogP contribution in [-0.2, 0) is 4.74 Å². The number of halogens is 4. The predicted octanol–water partition coefficient (Wildman–Crippen LogP) is 4.33.